The molecule has 1 aliphatic heterocycles. The molecule has 1 aromatic heterocycles. The number of carbonyl (C=O) groups is 1. The second-order valence-corrected chi connectivity index (χ2v) is 13.7. The average molecular weight is 672 g/mol. The minimum absolute atomic E-state index is 0.0233. The SMILES string of the molecule is Nc1n[nH]c2ccc(CN3C(=O)N(Cc4cccc(OCP(=O)(O)O)c4)[C@H](Cc4ccccc4)[C@H](O)[C@@H](O)[C@H]3Cc3ccccc3)cc12. The Balaban J connectivity index is 1.41. The van der Waals surface area contributed by atoms with Gasteiger partial charge in [0.1, 0.15) is 18.0 Å². The highest BCUT2D eigenvalue weighted by molar-refractivity contribution is 7.51. The normalized spacial score (nSPS) is 20.2. The number of aromatic amines is 1. The van der Waals surface area contributed by atoms with E-state index >= 15 is 0 Å². The largest absolute Gasteiger partial charge is 0.481 e. The van der Waals surface area contributed by atoms with Crippen molar-refractivity contribution in [3.05, 3.63) is 125 Å². The molecule has 4 aromatic carbocycles. The Morgan fingerprint density at radius 2 is 1.29 bits per heavy atom. The Kier molecular flexibility index (Phi) is 9.81. The van der Waals surface area contributed by atoms with Crippen LogP contribution in [0.15, 0.2) is 103 Å². The zero-order valence-electron chi connectivity index (χ0n) is 26.0. The number of nitrogen functional groups attached to an aromatic ring is 1. The standard InChI is InChI=1S/C35H38N5O7P/c36-34-28-17-26(14-15-29(28)37-38-34)21-40-31(19-24-10-5-2-6-11-24)33(42)32(41)30(18-23-8-3-1-4-9-23)39(35(40)43)20-25-12-7-13-27(16-25)47-22-48(44,45)46/h1-17,30-33,41-42H,18-22H2,(H3,36,37,38)(H2,44,45,46)/t30-,31-,32+,33+/m1/s1. The van der Waals surface area contributed by atoms with Gasteiger partial charge in [0, 0.05) is 18.5 Å². The van der Waals surface area contributed by atoms with Crippen LogP contribution in [-0.4, -0.2) is 76.7 Å². The van der Waals surface area contributed by atoms with Gasteiger partial charge in [0.25, 0.3) is 0 Å². The maximum atomic E-state index is 14.9. The second-order valence-electron chi connectivity index (χ2n) is 12.1. The van der Waals surface area contributed by atoms with Gasteiger partial charge in [0.15, 0.2) is 12.2 Å². The maximum Gasteiger partial charge on any atom is 0.362 e. The summed E-state index contributed by atoms with van der Waals surface area (Å²) in [6.45, 7) is 0.135. The Bertz CT molecular complexity index is 1900. The molecule has 1 saturated heterocycles. The van der Waals surface area contributed by atoms with Gasteiger partial charge in [0.2, 0.25) is 0 Å². The Morgan fingerprint density at radius 1 is 0.750 bits per heavy atom. The van der Waals surface area contributed by atoms with Crippen LogP contribution in [-0.2, 0) is 30.5 Å². The number of nitrogens with two attached hydrogens (primary N) is 1. The molecular weight excluding hydrogens is 633 g/mol. The van der Waals surface area contributed by atoms with Crippen molar-refractivity contribution in [2.45, 2.75) is 50.2 Å². The summed E-state index contributed by atoms with van der Waals surface area (Å²) in [5.74, 6) is 0.554. The van der Waals surface area contributed by atoms with Crippen molar-refractivity contribution < 1.29 is 34.1 Å². The zero-order valence-corrected chi connectivity index (χ0v) is 26.9. The van der Waals surface area contributed by atoms with E-state index in [1.165, 1.54) is 0 Å². The van der Waals surface area contributed by atoms with Crippen molar-refractivity contribution in [3.63, 3.8) is 0 Å². The van der Waals surface area contributed by atoms with E-state index in [1.54, 1.807) is 34.1 Å². The highest BCUT2D eigenvalue weighted by Gasteiger charge is 2.46. The van der Waals surface area contributed by atoms with Gasteiger partial charge in [-0.2, -0.15) is 5.10 Å². The number of nitrogens with zero attached hydrogens (tertiary/aromatic N) is 3. The lowest BCUT2D eigenvalue weighted by atomic mass is 9.91. The molecule has 7 N–H and O–H groups in total. The van der Waals surface area contributed by atoms with Gasteiger partial charge in [-0.05, 0) is 59.4 Å². The number of aliphatic hydroxyl groups is 2. The van der Waals surface area contributed by atoms with E-state index in [1.807, 2.05) is 78.9 Å². The van der Waals surface area contributed by atoms with Crippen LogP contribution in [0.2, 0.25) is 0 Å². The van der Waals surface area contributed by atoms with E-state index in [2.05, 4.69) is 10.2 Å². The van der Waals surface area contributed by atoms with E-state index in [4.69, 9.17) is 10.5 Å². The van der Waals surface area contributed by atoms with Crippen molar-refractivity contribution in [2.75, 3.05) is 12.1 Å². The summed E-state index contributed by atoms with van der Waals surface area (Å²) in [6.07, 6.45) is -2.87. The summed E-state index contributed by atoms with van der Waals surface area (Å²) < 4.78 is 16.8. The van der Waals surface area contributed by atoms with Crippen LogP contribution in [0.3, 0.4) is 0 Å². The highest BCUT2D eigenvalue weighted by Crippen LogP contribution is 2.35. The minimum atomic E-state index is -4.42. The number of benzene rings is 4. The molecule has 1 aliphatic rings. The topological polar surface area (TPSA) is 185 Å². The number of fused-ring (bicyclic) bond motifs is 1. The lowest BCUT2D eigenvalue weighted by Gasteiger charge is -2.36. The first kappa shape index (κ1) is 33.2. The fourth-order valence-corrected chi connectivity index (χ4v) is 6.60. The third-order valence-corrected chi connectivity index (χ3v) is 9.13. The van der Waals surface area contributed by atoms with Crippen molar-refractivity contribution >= 4 is 30.3 Å². The minimum Gasteiger partial charge on any atom is -0.481 e. The van der Waals surface area contributed by atoms with Crippen LogP contribution in [0.4, 0.5) is 10.6 Å². The molecule has 1 fully saturated rings. The van der Waals surface area contributed by atoms with Crippen molar-refractivity contribution in [1.29, 1.82) is 0 Å². The number of rotatable bonds is 11. The van der Waals surface area contributed by atoms with Gasteiger partial charge < -0.3 is 40.3 Å². The fourth-order valence-electron chi connectivity index (χ4n) is 6.28. The molecule has 2 amide bonds. The first-order valence-corrected chi connectivity index (χ1v) is 17.4. The molecule has 2 heterocycles. The number of aromatic nitrogens is 2. The fraction of sp³-hybridized carbons (Fsp3) is 0.257. The number of anilines is 1. The Hall–Kier alpha value is -4.71. The molecule has 12 nitrogen and oxygen atoms in total. The number of carbonyl (C=O) groups excluding carboxylic acids is 1. The molecule has 0 aliphatic carbocycles. The number of aliphatic hydroxyl groups excluding tert-OH is 2. The van der Waals surface area contributed by atoms with Crippen LogP contribution in [0.5, 0.6) is 5.75 Å². The first-order valence-electron chi connectivity index (χ1n) is 15.6. The predicted octanol–water partition coefficient (Wildman–Crippen LogP) is 4.04. The molecule has 0 saturated carbocycles. The quantitative estimate of drug-likeness (QED) is 0.113. The molecule has 13 heteroatoms. The molecule has 5 aromatic rings. The smallest absolute Gasteiger partial charge is 0.362 e. The van der Waals surface area contributed by atoms with Crippen LogP contribution in [0.25, 0.3) is 10.9 Å². The van der Waals surface area contributed by atoms with Crippen molar-refractivity contribution in [3.8, 4) is 5.75 Å². The first-order chi connectivity index (χ1) is 23.1. The van der Waals surface area contributed by atoms with E-state index in [0.717, 1.165) is 22.2 Å². The van der Waals surface area contributed by atoms with Crippen LogP contribution in [0, 0.1) is 0 Å². The van der Waals surface area contributed by atoms with Gasteiger partial charge in [-0.1, -0.05) is 78.9 Å². The van der Waals surface area contributed by atoms with Crippen molar-refractivity contribution in [2.24, 2.45) is 0 Å². The summed E-state index contributed by atoms with van der Waals surface area (Å²) in [5, 5.41) is 31.6. The number of ether oxygens (including phenoxy) is 1. The van der Waals surface area contributed by atoms with E-state index in [-0.39, 0.29) is 25.3 Å². The monoisotopic (exact) mass is 671 g/mol. The summed E-state index contributed by atoms with van der Waals surface area (Å²) in [7, 11) is -4.42. The third-order valence-electron chi connectivity index (χ3n) is 8.67. The van der Waals surface area contributed by atoms with Gasteiger partial charge in [-0.25, -0.2) is 4.79 Å². The van der Waals surface area contributed by atoms with Gasteiger partial charge in [-0.15, -0.1) is 0 Å². The Labute approximate surface area is 277 Å². The number of H-pyrrole nitrogens is 1. The number of nitrogens with one attached hydrogen (secondary N) is 1. The summed E-state index contributed by atoms with van der Waals surface area (Å²) in [6, 6.07) is 29.2. The van der Waals surface area contributed by atoms with E-state index in [9.17, 15) is 29.4 Å². The molecule has 250 valence electrons. The molecule has 6 rings (SSSR count). The predicted molar refractivity (Wildman–Crippen MR) is 181 cm³/mol. The summed E-state index contributed by atoms with van der Waals surface area (Å²) in [5.41, 5.74) is 9.99. The second kappa shape index (κ2) is 14.2. The molecular formula is C35H38N5O7P. The molecule has 0 unspecified atom stereocenters. The van der Waals surface area contributed by atoms with E-state index in [0.29, 0.717) is 23.2 Å². The van der Waals surface area contributed by atoms with Gasteiger partial charge in [-0.3, -0.25) is 9.66 Å². The number of amides is 2. The van der Waals surface area contributed by atoms with Crippen molar-refractivity contribution in [1.82, 2.24) is 20.0 Å². The number of hydrogen-bond donors (Lipinski definition) is 6. The van der Waals surface area contributed by atoms with Crippen LogP contribution < -0.4 is 10.5 Å². The number of hydrogen-bond acceptors (Lipinski definition) is 7. The third kappa shape index (κ3) is 7.70. The van der Waals surface area contributed by atoms with E-state index < -0.39 is 44.3 Å². The van der Waals surface area contributed by atoms with Crippen LogP contribution in [0.1, 0.15) is 22.3 Å². The highest BCUT2D eigenvalue weighted by atomic mass is 31.2. The molecule has 0 bridgehead atoms. The van der Waals surface area contributed by atoms with Crippen LogP contribution >= 0.6 is 7.60 Å². The summed E-state index contributed by atoms with van der Waals surface area (Å²) >= 11 is 0. The lowest BCUT2D eigenvalue weighted by Crippen LogP contribution is -2.50. The molecule has 0 spiro atoms. The average Bonchev–Trinajstić information content (AvgIpc) is 3.44. The molecule has 4 atom stereocenters. The molecule has 0 radical (unpaired) electrons. The van der Waals surface area contributed by atoms with Gasteiger partial charge >= 0.3 is 13.6 Å². The summed E-state index contributed by atoms with van der Waals surface area (Å²) in [4.78, 5) is 36.7. The Morgan fingerprint density at radius 3 is 1.85 bits per heavy atom. The lowest BCUT2D eigenvalue weighted by molar-refractivity contribution is -0.0408. The van der Waals surface area contributed by atoms with Gasteiger partial charge in [0.05, 0.1) is 17.6 Å². The number of urea groups is 1. The maximum absolute atomic E-state index is 14.9. The zero-order chi connectivity index (χ0) is 33.8. The molecule has 48 heavy (non-hydrogen) atoms.